The molecule has 158 valence electrons. The van der Waals surface area contributed by atoms with Crippen molar-refractivity contribution >= 4 is 31.3 Å². The maximum absolute atomic E-state index is 10.7. The molecule has 0 amide bonds. The number of aromatic nitrogens is 2. The summed E-state index contributed by atoms with van der Waals surface area (Å²) in [6, 6.07) is 13.8. The molecule has 1 heterocycles. The molecule has 0 radical (unpaired) electrons. The number of hydrogen-bond donors (Lipinski definition) is 1. The summed E-state index contributed by atoms with van der Waals surface area (Å²) in [5.74, 6) is -0.203. The average molecular weight is 441 g/mol. The van der Waals surface area contributed by atoms with Crippen LogP contribution in [0, 0.1) is 6.92 Å². The van der Waals surface area contributed by atoms with E-state index in [0.29, 0.717) is 13.0 Å². The normalized spacial score (nSPS) is 11.9. The van der Waals surface area contributed by atoms with Gasteiger partial charge in [-0.05, 0) is 38.1 Å². The molecular formula is C19H24N2O6S2. The van der Waals surface area contributed by atoms with E-state index < -0.39 is 20.2 Å². The lowest BCUT2D eigenvalue weighted by atomic mass is 10.2. The highest BCUT2D eigenvalue weighted by molar-refractivity contribution is 7.86. The van der Waals surface area contributed by atoms with E-state index in [4.69, 9.17) is 4.55 Å². The fraction of sp³-hybridized carbons (Fsp3) is 0.316. The third kappa shape index (κ3) is 6.93. The van der Waals surface area contributed by atoms with Gasteiger partial charge in [-0.2, -0.15) is 8.42 Å². The van der Waals surface area contributed by atoms with Crippen LogP contribution in [0.25, 0.3) is 11.0 Å². The van der Waals surface area contributed by atoms with Gasteiger partial charge in [0.15, 0.2) is 11.0 Å². The van der Waals surface area contributed by atoms with Crippen LogP contribution in [0.3, 0.4) is 0 Å². The first kappa shape index (κ1) is 23.0. The van der Waals surface area contributed by atoms with Crippen LogP contribution in [0.1, 0.15) is 18.9 Å². The zero-order valence-electron chi connectivity index (χ0n) is 16.2. The van der Waals surface area contributed by atoms with Crippen LogP contribution in [-0.2, 0) is 33.3 Å². The van der Waals surface area contributed by atoms with Gasteiger partial charge in [-0.15, -0.1) is 0 Å². The zero-order valence-corrected chi connectivity index (χ0v) is 17.9. The molecule has 3 rings (SSSR count). The molecule has 0 fully saturated rings. The summed E-state index contributed by atoms with van der Waals surface area (Å²) >= 11 is 0. The monoisotopic (exact) mass is 440 g/mol. The highest BCUT2D eigenvalue weighted by Gasteiger charge is 2.14. The highest BCUT2D eigenvalue weighted by atomic mass is 32.2. The number of aryl methyl sites for hydroxylation is 3. The van der Waals surface area contributed by atoms with Gasteiger partial charge in [-0.25, -0.2) is 17.6 Å². The number of imidazole rings is 1. The van der Waals surface area contributed by atoms with Gasteiger partial charge < -0.3 is 4.55 Å². The van der Waals surface area contributed by atoms with Gasteiger partial charge in [0, 0.05) is 6.42 Å². The topological polar surface area (TPSA) is 120 Å². The third-order valence-electron chi connectivity index (χ3n) is 4.23. The summed E-state index contributed by atoms with van der Waals surface area (Å²) in [6.07, 6.45) is 2.38. The van der Waals surface area contributed by atoms with E-state index >= 15 is 0 Å². The van der Waals surface area contributed by atoms with Crippen molar-refractivity contribution in [1.29, 1.82) is 0 Å². The number of hydrogen-bond acceptors (Lipinski definition) is 5. The Morgan fingerprint density at radius 1 is 1.03 bits per heavy atom. The van der Waals surface area contributed by atoms with E-state index in [1.165, 1.54) is 12.1 Å². The summed E-state index contributed by atoms with van der Waals surface area (Å²) in [6.45, 7) is 5.33. The van der Waals surface area contributed by atoms with Gasteiger partial charge in [0.05, 0.1) is 23.7 Å². The average Bonchev–Trinajstić information content (AvgIpc) is 2.99. The lowest BCUT2D eigenvalue weighted by Gasteiger charge is -2.05. The van der Waals surface area contributed by atoms with E-state index in [9.17, 15) is 21.4 Å². The van der Waals surface area contributed by atoms with Gasteiger partial charge in [-0.3, -0.25) is 4.55 Å². The zero-order chi connectivity index (χ0) is 21.7. The second-order valence-corrected chi connectivity index (χ2v) is 9.44. The van der Waals surface area contributed by atoms with Crippen molar-refractivity contribution < 1.29 is 30.5 Å². The van der Waals surface area contributed by atoms with Gasteiger partial charge in [-0.1, -0.05) is 29.8 Å². The van der Waals surface area contributed by atoms with E-state index in [-0.39, 0.29) is 10.6 Å². The Hall–Kier alpha value is -2.27. The minimum Gasteiger partial charge on any atom is -0.744 e. The molecule has 0 saturated carbocycles. The molecule has 0 aliphatic carbocycles. The molecule has 0 aliphatic rings. The van der Waals surface area contributed by atoms with Crippen LogP contribution in [-0.4, -0.2) is 36.3 Å². The van der Waals surface area contributed by atoms with Crippen molar-refractivity contribution in [2.24, 2.45) is 0 Å². The molecule has 29 heavy (non-hydrogen) atoms. The second-order valence-electron chi connectivity index (χ2n) is 6.49. The Kier molecular flexibility index (Phi) is 7.53. The van der Waals surface area contributed by atoms with E-state index in [1.54, 1.807) is 12.1 Å². The molecular weight excluding hydrogens is 416 g/mol. The van der Waals surface area contributed by atoms with Crippen LogP contribution in [0.4, 0.5) is 0 Å². The predicted molar refractivity (Wildman–Crippen MR) is 108 cm³/mol. The Bertz CT molecular complexity index is 1170. The van der Waals surface area contributed by atoms with Gasteiger partial charge in [0.1, 0.15) is 10.1 Å². The minimum absolute atomic E-state index is 0.178. The molecule has 2 aromatic carbocycles. The van der Waals surface area contributed by atoms with Crippen LogP contribution in [0.5, 0.6) is 0 Å². The van der Waals surface area contributed by atoms with Crippen LogP contribution in [0.15, 0.2) is 59.8 Å². The summed E-state index contributed by atoms with van der Waals surface area (Å²) in [5, 5.41) is 0. The number of nitrogens with zero attached hydrogens (tertiary/aromatic N) is 2. The number of fused-ring (bicyclic) bond motifs is 1. The Morgan fingerprint density at radius 3 is 2.21 bits per heavy atom. The summed E-state index contributed by atoms with van der Waals surface area (Å²) in [5.41, 5.74) is 3.14. The molecule has 1 aromatic heterocycles. The molecule has 10 heteroatoms. The SMILES string of the molecule is CCn1c[n+](CCCS(=O)(=O)O)c2ccccc21.Cc1ccc(S(=O)(=O)[O-])cc1. The summed E-state index contributed by atoms with van der Waals surface area (Å²) < 4.78 is 65.4. The van der Waals surface area contributed by atoms with Gasteiger partial charge in [0.25, 0.3) is 10.1 Å². The summed E-state index contributed by atoms with van der Waals surface area (Å²) in [4.78, 5) is -0.178. The molecule has 0 saturated heterocycles. The van der Waals surface area contributed by atoms with Gasteiger partial charge >= 0.3 is 0 Å². The molecule has 0 spiro atoms. The van der Waals surface area contributed by atoms with Crippen molar-refractivity contribution in [2.45, 2.75) is 38.3 Å². The molecule has 3 aromatic rings. The van der Waals surface area contributed by atoms with E-state index in [2.05, 4.69) is 11.5 Å². The highest BCUT2D eigenvalue weighted by Crippen LogP contribution is 2.10. The Labute approximate surface area is 170 Å². The summed E-state index contributed by atoms with van der Waals surface area (Å²) in [7, 11) is -8.14. The van der Waals surface area contributed by atoms with Crippen molar-refractivity contribution in [3.05, 3.63) is 60.4 Å². The lowest BCUT2D eigenvalue weighted by Crippen LogP contribution is -2.33. The van der Waals surface area contributed by atoms with Gasteiger partial charge in [0.2, 0.25) is 6.33 Å². The molecule has 0 unspecified atom stereocenters. The minimum atomic E-state index is -4.27. The molecule has 8 nitrogen and oxygen atoms in total. The smallest absolute Gasteiger partial charge is 0.265 e. The quantitative estimate of drug-likeness (QED) is 0.463. The van der Waals surface area contributed by atoms with E-state index in [0.717, 1.165) is 23.1 Å². The lowest BCUT2D eigenvalue weighted by molar-refractivity contribution is -0.672. The predicted octanol–water partition coefficient (Wildman–Crippen LogP) is 2.13. The number of rotatable bonds is 6. The number of para-hydroxylation sites is 2. The first-order chi connectivity index (χ1) is 13.5. The maximum Gasteiger partial charge on any atom is 0.265 e. The first-order valence-electron chi connectivity index (χ1n) is 8.96. The van der Waals surface area contributed by atoms with Crippen LogP contribution >= 0.6 is 0 Å². The Morgan fingerprint density at radius 2 is 1.66 bits per heavy atom. The Balaban J connectivity index is 0.000000234. The molecule has 1 N–H and O–H groups in total. The third-order valence-corrected chi connectivity index (χ3v) is 5.89. The van der Waals surface area contributed by atoms with Crippen LogP contribution in [0.2, 0.25) is 0 Å². The number of benzene rings is 2. The molecule has 0 atom stereocenters. The standard InChI is InChI=1S/C12H16N2O3S.C7H8O3S/c1-2-13-10-14(8-5-9-18(15,16)17)12-7-4-3-6-11(12)13;1-6-2-4-7(5-3-6)11(8,9)10/h3-4,6-7,10H,2,5,8-9H2,1H3;2-5H,1H3,(H,8,9,10). The maximum atomic E-state index is 10.7. The van der Waals surface area contributed by atoms with Crippen molar-refractivity contribution in [2.75, 3.05) is 5.75 Å². The first-order valence-corrected chi connectivity index (χ1v) is 12.0. The largest absolute Gasteiger partial charge is 0.744 e. The van der Waals surface area contributed by atoms with Crippen molar-refractivity contribution in [3.8, 4) is 0 Å². The second kappa shape index (κ2) is 9.49. The molecule has 0 aliphatic heterocycles. The van der Waals surface area contributed by atoms with Crippen molar-refractivity contribution in [1.82, 2.24) is 4.57 Å². The van der Waals surface area contributed by atoms with E-state index in [1.807, 2.05) is 42.1 Å². The fourth-order valence-corrected chi connectivity index (χ4v) is 3.76. The molecule has 0 bridgehead atoms. The fourth-order valence-electron chi connectivity index (χ4n) is 2.79. The van der Waals surface area contributed by atoms with Crippen molar-refractivity contribution in [3.63, 3.8) is 0 Å². The van der Waals surface area contributed by atoms with Crippen LogP contribution < -0.4 is 4.57 Å².